The van der Waals surface area contributed by atoms with E-state index in [-0.39, 0.29) is 11.1 Å². The lowest BCUT2D eigenvalue weighted by Gasteiger charge is -2.20. The molecule has 1 fully saturated rings. The molecule has 0 atom stereocenters. The molecule has 0 radical (unpaired) electrons. The van der Waals surface area contributed by atoms with Gasteiger partial charge in [0.2, 0.25) is 5.97 Å². The number of likely N-dealkylation sites (tertiary alicyclic amines) is 1. The fourth-order valence-electron chi connectivity index (χ4n) is 5.10. The Kier molecular flexibility index (Phi) is 9.95. The van der Waals surface area contributed by atoms with Gasteiger partial charge in [-0.1, -0.05) is 79.4 Å². The molecule has 1 aliphatic rings. The number of allylic oxidation sites excluding steroid dienone is 2. The Bertz CT molecular complexity index is 1410. The summed E-state index contributed by atoms with van der Waals surface area (Å²) in [6.45, 7) is 9.14. The van der Waals surface area contributed by atoms with Crippen LogP contribution in [0, 0.1) is 12.3 Å². The standard InChI is InChI=1S/C34H35F4N3/c1-24-12-15-29(21-30(24)33(35)39)32(31(22-34(36,37)38)27-10-4-3-5-11-27)28-16-13-26(14-17-28)23-40-18-8-9-25(2)41-19-6-7-20-41/h3-5,8-17,21,39-40H,2,6-7,18-20,22-23H2,1H3/b9-8+,32-31+,39-33?. The zero-order valence-corrected chi connectivity index (χ0v) is 23.2. The van der Waals surface area contributed by atoms with Crippen LogP contribution in [0.4, 0.5) is 17.6 Å². The van der Waals surface area contributed by atoms with E-state index in [1.807, 2.05) is 24.3 Å². The minimum Gasteiger partial charge on any atom is -0.372 e. The number of alkyl halides is 3. The molecular weight excluding hydrogens is 526 g/mol. The molecule has 1 saturated heterocycles. The molecule has 1 heterocycles. The van der Waals surface area contributed by atoms with Crippen LogP contribution in [0.2, 0.25) is 0 Å². The summed E-state index contributed by atoms with van der Waals surface area (Å²) >= 11 is 0. The minimum absolute atomic E-state index is 0.0562. The predicted molar refractivity (Wildman–Crippen MR) is 159 cm³/mol. The molecule has 3 nitrogen and oxygen atoms in total. The zero-order valence-electron chi connectivity index (χ0n) is 23.2. The summed E-state index contributed by atoms with van der Waals surface area (Å²) in [6, 6.07) is 20.6. The Morgan fingerprint density at radius 3 is 2.24 bits per heavy atom. The van der Waals surface area contributed by atoms with Crippen molar-refractivity contribution in [1.29, 1.82) is 5.41 Å². The van der Waals surface area contributed by atoms with Gasteiger partial charge in [0.15, 0.2) is 0 Å². The molecule has 214 valence electrons. The van der Waals surface area contributed by atoms with E-state index in [2.05, 4.69) is 16.8 Å². The lowest BCUT2D eigenvalue weighted by Crippen LogP contribution is -2.17. The summed E-state index contributed by atoms with van der Waals surface area (Å²) in [6.07, 6.45) is 0.848. The van der Waals surface area contributed by atoms with Crippen LogP contribution >= 0.6 is 0 Å². The first-order chi connectivity index (χ1) is 19.6. The molecule has 0 amide bonds. The van der Waals surface area contributed by atoms with E-state index in [9.17, 15) is 17.6 Å². The fourth-order valence-corrected chi connectivity index (χ4v) is 5.10. The van der Waals surface area contributed by atoms with Crippen molar-refractivity contribution in [3.63, 3.8) is 0 Å². The Labute approximate surface area is 239 Å². The van der Waals surface area contributed by atoms with Crippen molar-refractivity contribution in [2.75, 3.05) is 19.6 Å². The number of nitrogens with one attached hydrogen (secondary N) is 2. The average Bonchev–Trinajstić information content (AvgIpc) is 3.49. The fraction of sp³-hybridized carbons (Fsp3) is 0.265. The molecule has 3 aromatic rings. The Balaban J connectivity index is 1.64. The second-order valence-electron chi connectivity index (χ2n) is 10.3. The summed E-state index contributed by atoms with van der Waals surface area (Å²) in [5, 5.41) is 10.9. The summed E-state index contributed by atoms with van der Waals surface area (Å²) in [7, 11) is 0. The minimum atomic E-state index is -4.46. The molecule has 3 aromatic carbocycles. The maximum Gasteiger partial charge on any atom is 0.393 e. The Morgan fingerprint density at radius 1 is 0.951 bits per heavy atom. The molecule has 0 bridgehead atoms. The van der Waals surface area contributed by atoms with Crippen LogP contribution in [0.15, 0.2) is 97.2 Å². The van der Waals surface area contributed by atoms with Crippen molar-refractivity contribution < 1.29 is 17.6 Å². The molecule has 1 aliphatic heterocycles. The van der Waals surface area contributed by atoms with E-state index >= 15 is 0 Å². The third-order valence-corrected chi connectivity index (χ3v) is 7.22. The Hall–Kier alpha value is -3.97. The van der Waals surface area contributed by atoms with E-state index in [1.165, 1.54) is 18.9 Å². The highest BCUT2D eigenvalue weighted by Crippen LogP contribution is 2.39. The highest BCUT2D eigenvalue weighted by molar-refractivity contribution is 6.01. The van der Waals surface area contributed by atoms with Crippen LogP contribution in [0.25, 0.3) is 11.1 Å². The van der Waals surface area contributed by atoms with Crippen LogP contribution in [0.3, 0.4) is 0 Å². The third-order valence-electron chi connectivity index (χ3n) is 7.22. The van der Waals surface area contributed by atoms with Crippen molar-refractivity contribution in [3.05, 3.63) is 131 Å². The monoisotopic (exact) mass is 561 g/mol. The van der Waals surface area contributed by atoms with Gasteiger partial charge in [0.1, 0.15) is 0 Å². The van der Waals surface area contributed by atoms with Crippen molar-refractivity contribution >= 4 is 17.1 Å². The van der Waals surface area contributed by atoms with Crippen molar-refractivity contribution in [3.8, 4) is 0 Å². The van der Waals surface area contributed by atoms with Gasteiger partial charge in [-0.05, 0) is 70.9 Å². The summed E-state index contributed by atoms with van der Waals surface area (Å²) in [4.78, 5) is 2.27. The third kappa shape index (κ3) is 8.27. The smallest absolute Gasteiger partial charge is 0.372 e. The average molecular weight is 562 g/mol. The van der Waals surface area contributed by atoms with Crippen LogP contribution in [-0.2, 0) is 6.54 Å². The number of hydrogen-bond donors (Lipinski definition) is 2. The molecule has 0 aliphatic carbocycles. The predicted octanol–water partition coefficient (Wildman–Crippen LogP) is 8.46. The largest absolute Gasteiger partial charge is 0.393 e. The van der Waals surface area contributed by atoms with Crippen LogP contribution in [-0.4, -0.2) is 36.7 Å². The summed E-state index contributed by atoms with van der Waals surface area (Å²) < 4.78 is 55.8. The van der Waals surface area contributed by atoms with Gasteiger partial charge in [0.05, 0.1) is 6.42 Å². The van der Waals surface area contributed by atoms with Gasteiger partial charge in [-0.3, -0.25) is 5.41 Å². The molecule has 0 aromatic heterocycles. The normalized spacial score (nSPS) is 14.4. The molecule has 2 N–H and O–H groups in total. The van der Waals surface area contributed by atoms with Gasteiger partial charge in [0, 0.05) is 37.4 Å². The first-order valence-electron chi connectivity index (χ1n) is 13.7. The molecule has 41 heavy (non-hydrogen) atoms. The molecular formula is C34H35F4N3. The van der Waals surface area contributed by atoms with E-state index in [4.69, 9.17) is 5.41 Å². The summed E-state index contributed by atoms with van der Waals surface area (Å²) in [5.74, 6) is -1.12. The highest BCUT2D eigenvalue weighted by Gasteiger charge is 2.31. The number of nitrogens with zero attached hydrogens (tertiary/aromatic N) is 1. The maximum absolute atomic E-state index is 14.1. The molecule has 0 spiro atoms. The van der Waals surface area contributed by atoms with Crippen LogP contribution in [0.5, 0.6) is 0 Å². The SMILES string of the molecule is C=C(/C=C/CNCc1ccc(/C(=C(/CC(F)(F)F)c2ccccc2)c2ccc(C)c(C(=N)F)c2)cc1)N1CCCC1. The zero-order chi connectivity index (χ0) is 29.4. The van der Waals surface area contributed by atoms with E-state index < -0.39 is 18.6 Å². The number of halogens is 4. The van der Waals surface area contributed by atoms with Crippen LogP contribution in [0.1, 0.15) is 52.6 Å². The van der Waals surface area contributed by atoms with Gasteiger partial charge in [-0.2, -0.15) is 17.6 Å². The topological polar surface area (TPSA) is 39.1 Å². The number of hydrogen-bond acceptors (Lipinski definition) is 3. The van der Waals surface area contributed by atoms with Gasteiger partial charge >= 0.3 is 6.18 Å². The number of aryl methyl sites for hydroxylation is 1. The first kappa shape index (κ1) is 30.0. The lowest BCUT2D eigenvalue weighted by atomic mass is 9.86. The number of benzene rings is 3. The second kappa shape index (κ2) is 13.6. The van der Waals surface area contributed by atoms with E-state index in [0.29, 0.717) is 40.9 Å². The van der Waals surface area contributed by atoms with Gasteiger partial charge in [0.25, 0.3) is 0 Å². The molecule has 0 saturated carbocycles. The van der Waals surface area contributed by atoms with Gasteiger partial charge in [-0.25, -0.2) is 0 Å². The van der Waals surface area contributed by atoms with Crippen molar-refractivity contribution in [2.24, 2.45) is 0 Å². The van der Waals surface area contributed by atoms with E-state index in [1.54, 1.807) is 61.5 Å². The van der Waals surface area contributed by atoms with Crippen molar-refractivity contribution in [1.82, 2.24) is 10.2 Å². The lowest BCUT2D eigenvalue weighted by molar-refractivity contribution is -0.122. The van der Waals surface area contributed by atoms with Crippen LogP contribution < -0.4 is 5.32 Å². The van der Waals surface area contributed by atoms with E-state index in [0.717, 1.165) is 24.4 Å². The molecule has 7 heteroatoms. The Morgan fingerprint density at radius 2 is 1.61 bits per heavy atom. The van der Waals surface area contributed by atoms with Gasteiger partial charge in [-0.15, -0.1) is 0 Å². The molecule has 0 unspecified atom stereocenters. The second-order valence-corrected chi connectivity index (χ2v) is 10.3. The molecule has 4 rings (SSSR count). The first-order valence-corrected chi connectivity index (χ1v) is 13.7. The number of rotatable bonds is 11. The van der Waals surface area contributed by atoms with Crippen molar-refractivity contribution in [2.45, 2.75) is 38.9 Å². The highest BCUT2D eigenvalue weighted by atomic mass is 19.4. The van der Waals surface area contributed by atoms with Gasteiger partial charge < -0.3 is 10.2 Å². The maximum atomic E-state index is 14.1. The summed E-state index contributed by atoms with van der Waals surface area (Å²) in [5.41, 5.74) is 4.48. The quantitative estimate of drug-likeness (QED) is 0.0811.